The van der Waals surface area contributed by atoms with Crippen LogP contribution in [0.2, 0.25) is 0 Å². The van der Waals surface area contributed by atoms with Crippen LogP contribution < -0.4 is 0 Å². The van der Waals surface area contributed by atoms with E-state index in [4.69, 9.17) is 15.3 Å². The minimum atomic E-state index is -0.840. The van der Waals surface area contributed by atoms with Crippen molar-refractivity contribution in [2.75, 3.05) is 18.1 Å². The van der Waals surface area contributed by atoms with Crippen LogP contribution in [0.4, 0.5) is 0 Å². The smallest absolute Gasteiger partial charge is 0.304 e. The summed E-state index contributed by atoms with van der Waals surface area (Å²) in [5, 5.41) is 25.2. The average Bonchev–Trinajstić information content (AvgIpc) is 2.67. The Balaban J connectivity index is 0. The summed E-state index contributed by atoms with van der Waals surface area (Å²) in [6.07, 6.45) is 14.3. The van der Waals surface area contributed by atoms with Gasteiger partial charge in [0.15, 0.2) is 0 Å². The van der Waals surface area contributed by atoms with Crippen molar-refractivity contribution in [3.63, 3.8) is 0 Å². The van der Waals surface area contributed by atoms with Crippen LogP contribution in [-0.4, -0.2) is 45.4 Å². The summed E-state index contributed by atoms with van der Waals surface area (Å²) >= 11 is 1.35. The Hall–Kier alpha value is -1.01. The van der Waals surface area contributed by atoms with Gasteiger partial charge in [-0.2, -0.15) is 11.8 Å². The predicted octanol–water partition coefficient (Wildman–Crippen LogP) is 7.03. The van der Waals surface area contributed by atoms with Gasteiger partial charge in [-0.1, -0.05) is 84.3 Å². The Morgan fingerprint density at radius 2 is 1.19 bits per heavy atom. The van der Waals surface area contributed by atoms with Gasteiger partial charge >= 0.3 is 11.9 Å². The first-order valence-electron chi connectivity index (χ1n) is 12.4. The van der Waals surface area contributed by atoms with Crippen LogP contribution in [0.25, 0.3) is 0 Å². The van der Waals surface area contributed by atoms with Crippen LogP contribution in [0.15, 0.2) is 11.6 Å². The average molecular weight is 475 g/mol. The first kappa shape index (κ1) is 33.2. The standard InChI is InChI=1S/C20H40O.C6H10O4S/c1-17(2)9-6-10-18(3)11-7-12-19(4)13-8-14-20(5)15-16-21;7-5(8)1-3-11-4-2-6(9)10/h15,17-19,21H,6-14,16H2,1-5H3;1-4H2,(H,7,8)(H,9,10). The van der Waals surface area contributed by atoms with E-state index in [0.717, 1.165) is 24.2 Å². The van der Waals surface area contributed by atoms with Gasteiger partial charge in [-0.3, -0.25) is 9.59 Å². The van der Waals surface area contributed by atoms with Crippen molar-refractivity contribution in [2.45, 2.75) is 105 Å². The second-order valence-corrected chi connectivity index (χ2v) is 10.7. The fourth-order valence-electron chi connectivity index (χ4n) is 3.39. The number of aliphatic carboxylic acids is 2. The summed E-state index contributed by atoms with van der Waals surface area (Å²) in [5.74, 6) is 1.92. The molecule has 0 saturated heterocycles. The lowest BCUT2D eigenvalue weighted by Crippen LogP contribution is -2.00. The van der Waals surface area contributed by atoms with Crippen molar-refractivity contribution in [3.8, 4) is 0 Å². The van der Waals surface area contributed by atoms with Crippen LogP contribution in [0.5, 0.6) is 0 Å². The highest BCUT2D eigenvalue weighted by Gasteiger charge is 2.06. The molecule has 32 heavy (non-hydrogen) atoms. The molecule has 0 amide bonds. The molecule has 0 aliphatic heterocycles. The molecule has 0 bridgehead atoms. The Morgan fingerprint density at radius 3 is 1.59 bits per heavy atom. The quantitative estimate of drug-likeness (QED) is 0.137. The van der Waals surface area contributed by atoms with Crippen molar-refractivity contribution >= 4 is 23.7 Å². The normalized spacial score (nSPS) is 13.4. The van der Waals surface area contributed by atoms with Crippen LogP contribution in [0.3, 0.4) is 0 Å². The highest BCUT2D eigenvalue weighted by Crippen LogP contribution is 2.22. The number of hydrogen-bond acceptors (Lipinski definition) is 4. The van der Waals surface area contributed by atoms with Crippen LogP contribution in [-0.2, 0) is 9.59 Å². The molecule has 190 valence electrons. The molecule has 0 aromatic heterocycles. The second-order valence-electron chi connectivity index (χ2n) is 9.49. The van der Waals surface area contributed by atoms with Crippen molar-refractivity contribution in [3.05, 3.63) is 11.6 Å². The molecular formula is C26H50O5S. The van der Waals surface area contributed by atoms with Gasteiger partial charge in [0, 0.05) is 11.5 Å². The zero-order chi connectivity index (χ0) is 24.8. The Morgan fingerprint density at radius 1 is 0.750 bits per heavy atom. The van der Waals surface area contributed by atoms with Gasteiger partial charge in [0.05, 0.1) is 19.4 Å². The molecular weight excluding hydrogens is 424 g/mol. The molecule has 0 aromatic rings. The van der Waals surface area contributed by atoms with E-state index in [9.17, 15) is 9.59 Å². The molecule has 0 spiro atoms. The first-order valence-corrected chi connectivity index (χ1v) is 13.5. The fourth-order valence-corrected chi connectivity index (χ4v) is 4.23. The monoisotopic (exact) mass is 474 g/mol. The molecule has 2 unspecified atom stereocenters. The van der Waals surface area contributed by atoms with Crippen LogP contribution >= 0.6 is 11.8 Å². The van der Waals surface area contributed by atoms with Crippen molar-refractivity contribution < 1.29 is 24.9 Å². The molecule has 0 heterocycles. The van der Waals surface area contributed by atoms with Crippen LogP contribution in [0, 0.1) is 17.8 Å². The van der Waals surface area contributed by atoms with E-state index in [1.54, 1.807) is 0 Å². The maximum atomic E-state index is 9.97. The molecule has 6 heteroatoms. The SMILES string of the molecule is CC(=CCO)CCCC(C)CCCC(C)CCCC(C)C.O=C(O)CCSCCC(=O)O. The molecule has 2 atom stereocenters. The van der Waals surface area contributed by atoms with Gasteiger partial charge in [0.2, 0.25) is 0 Å². The summed E-state index contributed by atoms with van der Waals surface area (Å²) in [6, 6.07) is 0. The van der Waals surface area contributed by atoms with Gasteiger partial charge in [-0.25, -0.2) is 0 Å². The maximum Gasteiger partial charge on any atom is 0.304 e. The van der Waals surface area contributed by atoms with Crippen molar-refractivity contribution in [1.82, 2.24) is 0 Å². The minimum absolute atomic E-state index is 0.101. The van der Waals surface area contributed by atoms with E-state index in [2.05, 4.69) is 34.6 Å². The third-order valence-electron chi connectivity index (χ3n) is 5.50. The van der Waals surface area contributed by atoms with Crippen molar-refractivity contribution in [1.29, 1.82) is 0 Å². The molecule has 0 saturated carbocycles. The van der Waals surface area contributed by atoms with Crippen LogP contribution in [0.1, 0.15) is 105 Å². The summed E-state index contributed by atoms with van der Waals surface area (Å²) in [4.78, 5) is 19.9. The summed E-state index contributed by atoms with van der Waals surface area (Å²) in [6.45, 7) is 11.8. The number of rotatable bonds is 19. The Labute approximate surface area is 201 Å². The number of carboxylic acid groups (broad SMARTS) is 2. The van der Waals surface area contributed by atoms with Gasteiger partial charge < -0.3 is 15.3 Å². The third-order valence-corrected chi connectivity index (χ3v) is 6.49. The molecule has 3 N–H and O–H groups in total. The predicted molar refractivity (Wildman–Crippen MR) is 137 cm³/mol. The minimum Gasteiger partial charge on any atom is -0.481 e. The maximum absolute atomic E-state index is 9.97. The number of carboxylic acids is 2. The molecule has 0 aliphatic carbocycles. The van der Waals surface area contributed by atoms with Gasteiger partial charge in [0.1, 0.15) is 0 Å². The summed E-state index contributed by atoms with van der Waals surface area (Å²) in [5.41, 5.74) is 1.34. The molecule has 0 rings (SSSR count). The second kappa shape index (κ2) is 23.2. The van der Waals surface area contributed by atoms with Gasteiger partial charge in [0.25, 0.3) is 0 Å². The highest BCUT2D eigenvalue weighted by molar-refractivity contribution is 7.99. The van der Waals surface area contributed by atoms with Gasteiger partial charge in [-0.05, 0) is 37.5 Å². The zero-order valence-corrected chi connectivity index (χ0v) is 22.1. The Kier molecular flexibility index (Phi) is 24.0. The molecule has 0 fully saturated rings. The topological polar surface area (TPSA) is 94.8 Å². The van der Waals surface area contributed by atoms with E-state index < -0.39 is 11.9 Å². The number of hydrogen-bond donors (Lipinski definition) is 3. The molecule has 0 radical (unpaired) electrons. The lowest BCUT2D eigenvalue weighted by molar-refractivity contribution is -0.137. The first-order chi connectivity index (χ1) is 15.1. The number of thioether (sulfide) groups is 1. The lowest BCUT2D eigenvalue weighted by atomic mass is 9.91. The molecule has 5 nitrogen and oxygen atoms in total. The third kappa shape index (κ3) is 29.0. The van der Waals surface area contributed by atoms with Crippen molar-refractivity contribution in [2.24, 2.45) is 17.8 Å². The van der Waals surface area contributed by atoms with Gasteiger partial charge in [-0.15, -0.1) is 0 Å². The van der Waals surface area contributed by atoms with E-state index in [-0.39, 0.29) is 19.4 Å². The van der Waals surface area contributed by atoms with E-state index in [1.165, 1.54) is 68.7 Å². The van der Waals surface area contributed by atoms with E-state index in [0.29, 0.717) is 11.5 Å². The highest BCUT2D eigenvalue weighted by atomic mass is 32.2. The fraction of sp³-hybridized carbons (Fsp3) is 0.846. The summed E-state index contributed by atoms with van der Waals surface area (Å²) in [7, 11) is 0. The molecule has 0 aliphatic rings. The summed E-state index contributed by atoms with van der Waals surface area (Å²) < 4.78 is 0. The number of aliphatic hydroxyl groups excluding tert-OH is 1. The molecule has 0 aromatic carbocycles. The number of carbonyl (C=O) groups is 2. The van der Waals surface area contributed by atoms with E-state index in [1.807, 2.05) is 6.08 Å². The number of aliphatic hydroxyl groups is 1. The van der Waals surface area contributed by atoms with E-state index >= 15 is 0 Å². The number of allylic oxidation sites excluding steroid dienone is 1. The Bertz CT molecular complexity index is 475. The lowest BCUT2D eigenvalue weighted by Gasteiger charge is -2.15. The largest absolute Gasteiger partial charge is 0.481 e. The zero-order valence-electron chi connectivity index (χ0n) is 21.3.